The first-order valence-electron chi connectivity index (χ1n) is 8.02. The fraction of sp³-hybridized carbons (Fsp3) is 0.263. The number of carbonyl (C=O) groups is 1. The van der Waals surface area contributed by atoms with Gasteiger partial charge in [-0.1, -0.05) is 12.1 Å². The van der Waals surface area contributed by atoms with Crippen molar-refractivity contribution in [3.63, 3.8) is 0 Å². The number of amides is 1. The first-order chi connectivity index (χ1) is 12.1. The zero-order chi connectivity index (χ0) is 17.8. The molecule has 1 aliphatic rings. The van der Waals surface area contributed by atoms with Gasteiger partial charge in [0.1, 0.15) is 0 Å². The maximum absolute atomic E-state index is 13.3. The second-order valence-electron chi connectivity index (χ2n) is 6.01. The van der Waals surface area contributed by atoms with Crippen molar-refractivity contribution >= 4 is 5.91 Å². The molecule has 0 saturated carbocycles. The molecule has 0 N–H and O–H groups in total. The third-order valence-electron chi connectivity index (χ3n) is 4.32. The van der Waals surface area contributed by atoms with Gasteiger partial charge < -0.3 is 4.90 Å². The zero-order valence-electron chi connectivity index (χ0n) is 13.6. The van der Waals surface area contributed by atoms with Crippen LogP contribution < -0.4 is 0 Å². The molecular weight excluding hydrogens is 324 g/mol. The molecule has 2 aromatic rings. The summed E-state index contributed by atoms with van der Waals surface area (Å²) < 4.78 is 26.3. The van der Waals surface area contributed by atoms with Crippen molar-refractivity contribution in [1.29, 1.82) is 5.26 Å². The molecule has 0 aromatic heterocycles. The second-order valence-corrected chi connectivity index (χ2v) is 6.01. The number of carbonyl (C=O) groups excluding carboxylic acids is 1. The summed E-state index contributed by atoms with van der Waals surface area (Å²) in [6, 6.07) is 12.8. The van der Waals surface area contributed by atoms with Gasteiger partial charge in [-0.3, -0.25) is 9.69 Å². The van der Waals surface area contributed by atoms with Crippen LogP contribution in [-0.2, 0) is 6.54 Å². The van der Waals surface area contributed by atoms with Gasteiger partial charge in [0.05, 0.1) is 11.6 Å². The molecule has 128 valence electrons. The third kappa shape index (κ3) is 4.01. The van der Waals surface area contributed by atoms with Gasteiger partial charge in [-0.2, -0.15) is 5.26 Å². The number of nitrogens with zero attached hydrogens (tertiary/aromatic N) is 3. The normalized spacial score (nSPS) is 15.0. The molecule has 1 saturated heterocycles. The molecule has 6 heteroatoms. The van der Waals surface area contributed by atoms with Gasteiger partial charge in [-0.05, 0) is 35.9 Å². The highest BCUT2D eigenvalue weighted by Gasteiger charge is 2.22. The minimum atomic E-state index is -1.01. The van der Waals surface area contributed by atoms with E-state index in [1.165, 1.54) is 6.07 Å². The Bertz CT molecular complexity index is 806. The van der Waals surface area contributed by atoms with Gasteiger partial charge in [0.15, 0.2) is 11.6 Å². The Balaban J connectivity index is 1.56. The van der Waals surface area contributed by atoms with Crippen LogP contribution >= 0.6 is 0 Å². The number of hydrogen-bond donors (Lipinski definition) is 0. The molecule has 25 heavy (non-hydrogen) atoms. The van der Waals surface area contributed by atoms with E-state index in [1.807, 2.05) is 12.1 Å². The van der Waals surface area contributed by atoms with E-state index in [9.17, 15) is 13.6 Å². The molecule has 0 radical (unpaired) electrons. The van der Waals surface area contributed by atoms with Crippen LogP contribution in [0.25, 0.3) is 0 Å². The predicted molar refractivity (Wildman–Crippen MR) is 88.7 cm³/mol. The summed E-state index contributed by atoms with van der Waals surface area (Å²) in [6.45, 7) is 3.23. The highest BCUT2D eigenvalue weighted by atomic mass is 19.2. The average Bonchev–Trinajstić information content (AvgIpc) is 2.65. The molecule has 0 spiro atoms. The van der Waals surface area contributed by atoms with E-state index in [4.69, 9.17) is 5.26 Å². The molecule has 0 atom stereocenters. The Morgan fingerprint density at radius 3 is 2.28 bits per heavy atom. The Morgan fingerprint density at radius 2 is 1.68 bits per heavy atom. The summed E-state index contributed by atoms with van der Waals surface area (Å²) in [5.41, 5.74) is 1.91. The lowest BCUT2D eigenvalue weighted by Crippen LogP contribution is -2.48. The maximum Gasteiger partial charge on any atom is 0.254 e. The number of hydrogen-bond acceptors (Lipinski definition) is 3. The Morgan fingerprint density at radius 1 is 1.00 bits per heavy atom. The van der Waals surface area contributed by atoms with Crippen LogP contribution in [0.4, 0.5) is 8.78 Å². The first kappa shape index (κ1) is 17.1. The Kier molecular flexibility index (Phi) is 5.05. The van der Waals surface area contributed by atoms with Gasteiger partial charge >= 0.3 is 0 Å². The Hall–Kier alpha value is -2.78. The van der Waals surface area contributed by atoms with Gasteiger partial charge in [0.25, 0.3) is 5.91 Å². The molecule has 1 fully saturated rings. The molecule has 0 bridgehead atoms. The lowest BCUT2D eigenvalue weighted by Gasteiger charge is -2.34. The number of halogens is 2. The first-order valence-corrected chi connectivity index (χ1v) is 8.02. The monoisotopic (exact) mass is 341 g/mol. The molecule has 1 amide bonds. The van der Waals surface area contributed by atoms with Crippen molar-refractivity contribution in [2.45, 2.75) is 6.54 Å². The van der Waals surface area contributed by atoms with E-state index in [1.54, 1.807) is 17.0 Å². The minimum absolute atomic E-state index is 0.166. The van der Waals surface area contributed by atoms with Crippen LogP contribution in [0.5, 0.6) is 0 Å². The molecule has 0 aliphatic carbocycles. The second kappa shape index (κ2) is 7.41. The summed E-state index contributed by atoms with van der Waals surface area (Å²) in [6.07, 6.45) is 0. The molecule has 0 unspecified atom stereocenters. The van der Waals surface area contributed by atoms with E-state index in [-0.39, 0.29) is 11.5 Å². The molecule has 2 aromatic carbocycles. The number of benzene rings is 2. The van der Waals surface area contributed by atoms with Gasteiger partial charge in [0.2, 0.25) is 0 Å². The van der Waals surface area contributed by atoms with Gasteiger partial charge in [-0.15, -0.1) is 0 Å². The zero-order valence-corrected chi connectivity index (χ0v) is 13.6. The lowest BCUT2D eigenvalue weighted by atomic mass is 10.1. The summed E-state index contributed by atoms with van der Waals surface area (Å²) in [5.74, 6) is -2.24. The molecule has 1 heterocycles. The molecule has 1 aliphatic heterocycles. The van der Waals surface area contributed by atoms with Gasteiger partial charge in [-0.25, -0.2) is 8.78 Å². The largest absolute Gasteiger partial charge is 0.336 e. The summed E-state index contributed by atoms with van der Waals surface area (Å²) >= 11 is 0. The topological polar surface area (TPSA) is 47.3 Å². The highest BCUT2D eigenvalue weighted by Crippen LogP contribution is 2.14. The molecule has 3 rings (SSSR count). The van der Waals surface area contributed by atoms with Crippen molar-refractivity contribution in [3.05, 3.63) is 70.8 Å². The third-order valence-corrected chi connectivity index (χ3v) is 4.32. The predicted octanol–water partition coefficient (Wildman–Crippen LogP) is 2.79. The van der Waals surface area contributed by atoms with Crippen molar-refractivity contribution in [2.24, 2.45) is 0 Å². The maximum atomic E-state index is 13.3. The minimum Gasteiger partial charge on any atom is -0.336 e. The molecular formula is C19H17F2N3O. The van der Waals surface area contributed by atoms with Crippen LogP contribution in [0.15, 0.2) is 42.5 Å². The SMILES string of the molecule is N#Cc1ccc(CN2CCN(C(=O)c3ccc(F)c(F)c3)CC2)cc1. The van der Waals surface area contributed by atoms with Crippen LogP contribution in [0.2, 0.25) is 0 Å². The van der Waals surface area contributed by atoms with E-state index < -0.39 is 11.6 Å². The number of rotatable bonds is 3. The summed E-state index contributed by atoms with van der Waals surface area (Å²) in [5, 5.41) is 8.82. The fourth-order valence-corrected chi connectivity index (χ4v) is 2.86. The van der Waals surface area contributed by atoms with Crippen molar-refractivity contribution < 1.29 is 13.6 Å². The lowest BCUT2D eigenvalue weighted by molar-refractivity contribution is 0.0628. The van der Waals surface area contributed by atoms with Crippen molar-refractivity contribution in [1.82, 2.24) is 9.80 Å². The standard InChI is InChI=1S/C19H17F2N3O/c20-17-6-5-16(11-18(17)21)19(25)24-9-7-23(8-10-24)13-15-3-1-14(12-22)2-4-15/h1-6,11H,7-10,13H2. The fourth-order valence-electron chi connectivity index (χ4n) is 2.86. The summed E-state index contributed by atoms with van der Waals surface area (Å²) in [7, 11) is 0. The Labute approximate surface area is 144 Å². The summed E-state index contributed by atoms with van der Waals surface area (Å²) in [4.78, 5) is 16.3. The van der Waals surface area contributed by atoms with Crippen molar-refractivity contribution in [3.8, 4) is 6.07 Å². The number of piperazine rings is 1. The van der Waals surface area contributed by atoms with E-state index >= 15 is 0 Å². The quantitative estimate of drug-likeness (QED) is 0.862. The van der Waals surface area contributed by atoms with E-state index in [0.717, 1.165) is 24.2 Å². The highest BCUT2D eigenvalue weighted by molar-refractivity contribution is 5.94. The van der Waals surface area contributed by atoms with E-state index in [2.05, 4.69) is 11.0 Å². The van der Waals surface area contributed by atoms with Crippen LogP contribution in [0.1, 0.15) is 21.5 Å². The van der Waals surface area contributed by atoms with E-state index in [0.29, 0.717) is 31.7 Å². The van der Waals surface area contributed by atoms with Crippen LogP contribution in [-0.4, -0.2) is 41.9 Å². The smallest absolute Gasteiger partial charge is 0.254 e. The van der Waals surface area contributed by atoms with Crippen LogP contribution in [0, 0.1) is 23.0 Å². The average molecular weight is 341 g/mol. The molecule has 4 nitrogen and oxygen atoms in total. The van der Waals surface area contributed by atoms with Gasteiger partial charge in [0, 0.05) is 38.3 Å². The van der Waals surface area contributed by atoms with Crippen molar-refractivity contribution in [2.75, 3.05) is 26.2 Å². The van der Waals surface area contributed by atoms with Crippen LogP contribution in [0.3, 0.4) is 0 Å². The number of nitriles is 1.